The molecule has 198 valence electrons. The van der Waals surface area contributed by atoms with Gasteiger partial charge in [-0.05, 0) is 34.9 Å². The predicted molar refractivity (Wildman–Crippen MR) is 132 cm³/mol. The maximum absolute atomic E-state index is 15.3. The molecule has 0 N–H and O–H groups in total. The summed E-state index contributed by atoms with van der Waals surface area (Å²) in [5.74, 6) is -2.10. The van der Waals surface area contributed by atoms with Gasteiger partial charge in [-0.15, -0.1) is 0 Å². The van der Waals surface area contributed by atoms with Crippen molar-refractivity contribution in [2.75, 3.05) is 13.1 Å². The van der Waals surface area contributed by atoms with E-state index in [0.29, 0.717) is 6.08 Å². The van der Waals surface area contributed by atoms with Gasteiger partial charge in [0, 0.05) is 5.56 Å². The molecule has 38 heavy (non-hydrogen) atoms. The zero-order valence-corrected chi connectivity index (χ0v) is 20.9. The molecule has 0 spiro atoms. The van der Waals surface area contributed by atoms with Crippen molar-refractivity contribution in [3.05, 3.63) is 111 Å². The normalized spacial score (nSPS) is 15.1. The van der Waals surface area contributed by atoms with E-state index in [4.69, 9.17) is 27.9 Å². The number of ether oxygens (including phenoxy) is 1. The molecular weight excluding hydrogens is 552 g/mol. The van der Waals surface area contributed by atoms with Crippen LogP contribution in [0, 0.1) is 5.82 Å². The minimum Gasteiger partial charge on any atom is -0.445 e. The molecule has 1 aliphatic rings. The molecule has 0 aromatic heterocycles. The fourth-order valence-electron chi connectivity index (χ4n) is 3.87. The summed E-state index contributed by atoms with van der Waals surface area (Å²) in [6, 6.07) is 15.3. The molecule has 1 aliphatic heterocycles. The number of hydrogen-bond donors (Lipinski definition) is 0. The smallest absolute Gasteiger partial charge is 0.417 e. The molecule has 0 bridgehead atoms. The van der Waals surface area contributed by atoms with Crippen molar-refractivity contribution in [1.29, 1.82) is 0 Å². The minimum atomic E-state index is -4.98. The van der Waals surface area contributed by atoms with Crippen LogP contribution >= 0.6 is 23.2 Å². The second-order valence-corrected chi connectivity index (χ2v) is 9.43. The van der Waals surface area contributed by atoms with Crippen LogP contribution in [0.25, 0.3) is 5.57 Å². The summed E-state index contributed by atoms with van der Waals surface area (Å²) in [6.45, 7) is -0.522. The van der Waals surface area contributed by atoms with Gasteiger partial charge in [0.15, 0.2) is 17.3 Å². The first-order valence-electron chi connectivity index (χ1n) is 11.1. The van der Waals surface area contributed by atoms with E-state index in [0.717, 1.165) is 17.7 Å². The van der Waals surface area contributed by atoms with E-state index in [1.54, 1.807) is 24.3 Å². The Morgan fingerprint density at radius 3 is 2.08 bits per heavy atom. The van der Waals surface area contributed by atoms with Crippen molar-refractivity contribution in [3.63, 3.8) is 0 Å². The van der Waals surface area contributed by atoms with Gasteiger partial charge >= 0.3 is 12.3 Å². The Hall–Kier alpha value is -3.43. The number of nitrogens with zero attached hydrogens (tertiary/aromatic N) is 1. The zero-order valence-electron chi connectivity index (χ0n) is 19.4. The van der Waals surface area contributed by atoms with Gasteiger partial charge in [-0.25, -0.2) is 13.6 Å². The molecule has 11 heteroatoms. The van der Waals surface area contributed by atoms with Gasteiger partial charge in [0.1, 0.15) is 6.61 Å². The van der Waals surface area contributed by atoms with Gasteiger partial charge in [0.2, 0.25) is 0 Å². The minimum absolute atomic E-state index is 0.0377. The standard InChI is InChI=1S/C27H18Cl2F5NO3/c28-21-10-18(11-22(29)24(21)30)20(27(32,33)34)12-23(36)17-6-8-19(9-7-17)26(31)14-35(15-26)25(37)38-13-16-4-2-1-3-5-16/h1-12H,13-15H2. The van der Waals surface area contributed by atoms with Crippen LogP contribution in [0.2, 0.25) is 10.0 Å². The van der Waals surface area contributed by atoms with Gasteiger partial charge < -0.3 is 9.64 Å². The van der Waals surface area contributed by atoms with Crippen LogP contribution in [0.3, 0.4) is 0 Å². The summed E-state index contributed by atoms with van der Waals surface area (Å²) < 4.78 is 75.2. The zero-order chi connectivity index (χ0) is 27.7. The number of alkyl halides is 4. The number of rotatable bonds is 6. The summed E-state index contributed by atoms with van der Waals surface area (Å²) in [6.07, 6.45) is -5.32. The van der Waals surface area contributed by atoms with E-state index in [9.17, 15) is 27.2 Å². The molecule has 0 radical (unpaired) electrons. The molecule has 0 aliphatic carbocycles. The predicted octanol–water partition coefficient (Wildman–Crippen LogP) is 7.78. The first-order chi connectivity index (χ1) is 17.9. The van der Waals surface area contributed by atoms with Crippen LogP contribution < -0.4 is 0 Å². The second-order valence-electron chi connectivity index (χ2n) is 8.61. The van der Waals surface area contributed by atoms with Crippen molar-refractivity contribution in [2.45, 2.75) is 18.5 Å². The third-order valence-electron chi connectivity index (χ3n) is 5.91. The van der Waals surface area contributed by atoms with E-state index >= 15 is 4.39 Å². The Bertz CT molecular complexity index is 1360. The fourth-order valence-corrected chi connectivity index (χ4v) is 4.36. The third-order valence-corrected chi connectivity index (χ3v) is 6.46. The van der Waals surface area contributed by atoms with Gasteiger partial charge in [0.05, 0.1) is 28.7 Å². The number of ketones is 1. The highest BCUT2D eigenvalue weighted by Crippen LogP contribution is 2.39. The van der Waals surface area contributed by atoms with Gasteiger partial charge in [0.25, 0.3) is 0 Å². The van der Waals surface area contributed by atoms with Crippen molar-refractivity contribution in [1.82, 2.24) is 4.90 Å². The highest BCUT2D eigenvalue weighted by molar-refractivity contribution is 6.35. The molecule has 4 nitrogen and oxygen atoms in total. The monoisotopic (exact) mass is 569 g/mol. The fraction of sp³-hybridized carbons (Fsp3) is 0.185. The molecule has 3 aromatic carbocycles. The summed E-state index contributed by atoms with van der Waals surface area (Å²) in [4.78, 5) is 26.0. The maximum atomic E-state index is 15.3. The number of benzene rings is 3. The molecular formula is C27H18Cl2F5NO3. The van der Waals surface area contributed by atoms with E-state index in [-0.39, 0.29) is 30.8 Å². The Morgan fingerprint density at radius 2 is 1.53 bits per heavy atom. The Balaban J connectivity index is 1.44. The van der Waals surface area contributed by atoms with Crippen LogP contribution in [-0.2, 0) is 17.0 Å². The highest BCUT2D eigenvalue weighted by Gasteiger charge is 2.48. The molecule has 1 heterocycles. The van der Waals surface area contributed by atoms with Gasteiger partial charge in [-0.1, -0.05) is 77.8 Å². The van der Waals surface area contributed by atoms with Gasteiger partial charge in [-0.2, -0.15) is 13.2 Å². The van der Waals surface area contributed by atoms with Gasteiger partial charge in [-0.3, -0.25) is 4.79 Å². The molecule has 1 fully saturated rings. The molecule has 1 amide bonds. The molecule has 3 aromatic rings. The number of likely N-dealkylation sites (tertiary alicyclic amines) is 1. The SMILES string of the molecule is O=C(C=C(c1cc(Cl)c(F)c(Cl)c1)C(F)(F)F)c1ccc(C2(F)CN(C(=O)OCc3ccccc3)C2)cc1. The topological polar surface area (TPSA) is 46.6 Å². The Labute approximate surface area is 224 Å². The highest BCUT2D eigenvalue weighted by atomic mass is 35.5. The van der Waals surface area contributed by atoms with E-state index < -0.39 is 50.7 Å². The summed E-state index contributed by atoms with van der Waals surface area (Å²) in [5.41, 5.74) is -3.07. The molecule has 1 saturated heterocycles. The molecule has 0 atom stereocenters. The lowest BCUT2D eigenvalue weighted by Crippen LogP contribution is -2.58. The summed E-state index contributed by atoms with van der Waals surface area (Å²) in [5, 5.41) is -1.27. The average Bonchev–Trinajstić information content (AvgIpc) is 2.86. The average molecular weight is 570 g/mol. The van der Waals surface area contributed by atoms with Crippen LogP contribution in [0.1, 0.15) is 27.0 Å². The largest absolute Gasteiger partial charge is 0.445 e. The van der Waals surface area contributed by atoms with Crippen molar-refractivity contribution in [3.8, 4) is 0 Å². The number of carbonyl (C=O) groups is 2. The lowest BCUT2D eigenvalue weighted by Gasteiger charge is -2.43. The lowest BCUT2D eigenvalue weighted by atomic mass is 9.87. The van der Waals surface area contributed by atoms with Crippen LogP contribution in [0.4, 0.5) is 26.7 Å². The maximum Gasteiger partial charge on any atom is 0.417 e. The van der Waals surface area contributed by atoms with Crippen molar-refractivity contribution >= 4 is 40.7 Å². The van der Waals surface area contributed by atoms with Crippen LogP contribution in [-0.4, -0.2) is 36.0 Å². The first-order valence-corrected chi connectivity index (χ1v) is 11.9. The van der Waals surface area contributed by atoms with Crippen molar-refractivity contribution < 1.29 is 36.3 Å². The van der Waals surface area contributed by atoms with Crippen LogP contribution in [0.5, 0.6) is 0 Å². The van der Waals surface area contributed by atoms with Crippen LogP contribution in [0.15, 0.2) is 72.8 Å². The quantitative estimate of drug-likeness (QED) is 0.132. The molecule has 0 unspecified atom stereocenters. The lowest BCUT2D eigenvalue weighted by molar-refractivity contribution is -0.0689. The van der Waals surface area contributed by atoms with E-state index in [2.05, 4.69) is 0 Å². The molecule has 0 saturated carbocycles. The number of carbonyl (C=O) groups excluding carboxylic acids is 2. The first kappa shape index (κ1) is 27.6. The number of amides is 1. The number of halogens is 7. The Morgan fingerprint density at radius 1 is 0.947 bits per heavy atom. The number of hydrogen-bond acceptors (Lipinski definition) is 3. The summed E-state index contributed by atoms with van der Waals surface area (Å²) in [7, 11) is 0. The third kappa shape index (κ3) is 6.00. The molecule has 4 rings (SSSR count). The van der Waals surface area contributed by atoms with Crippen molar-refractivity contribution in [2.24, 2.45) is 0 Å². The van der Waals surface area contributed by atoms with E-state index in [1.165, 1.54) is 29.2 Å². The van der Waals surface area contributed by atoms with E-state index in [1.807, 2.05) is 6.07 Å². The Kier molecular flexibility index (Phi) is 7.80. The summed E-state index contributed by atoms with van der Waals surface area (Å²) >= 11 is 11.2. The number of allylic oxidation sites excluding steroid dienone is 2. The second kappa shape index (κ2) is 10.7.